The van der Waals surface area contributed by atoms with Crippen molar-refractivity contribution >= 4 is 17.7 Å². The average molecular weight is 299 g/mol. The van der Waals surface area contributed by atoms with Crippen molar-refractivity contribution in [2.75, 3.05) is 31.6 Å². The molecule has 114 valence electrons. The molecule has 0 fully saturated rings. The van der Waals surface area contributed by atoms with Crippen molar-refractivity contribution in [1.29, 1.82) is 0 Å². The number of nitrogens with zero attached hydrogens (tertiary/aromatic N) is 1. The van der Waals surface area contributed by atoms with E-state index < -0.39 is 6.10 Å². The van der Waals surface area contributed by atoms with E-state index in [1.807, 2.05) is 18.7 Å². The van der Waals surface area contributed by atoms with Gasteiger partial charge in [0.05, 0.1) is 12.8 Å². The van der Waals surface area contributed by atoms with E-state index in [-0.39, 0.29) is 6.54 Å². The Hall–Kier alpha value is -1.14. The van der Waals surface area contributed by atoms with Crippen molar-refractivity contribution in [3.63, 3.8) is 0 Å². The highest BCUT2D eigenvalue weighted by Gasteiger charge is 2.09. The summed E-state index contributed by atoms with van der Waals surface area (Å²) in [6.45, 7) is 4.00. The van der Waals surface area contributed by atoms with Crippen LogP contribution in [0.3, 0.4) is 0 Å². The summed E-state index contributed by atoms with van der Waals surface area (Å²) in [5.41, 5.74) is 0. The van der Waals surface area contributed by atoms with Crippen LogP contribution in [-0.4, -0.2) is 42.7 Å². The smallest absolute Gasteiger partial charge is 0.191 e. The fourth-order valence-electron chi connectivity index (χ4n) is 1.67. The van der Waals surface area contributed by atoms with Gasteiger partial charge in [-0.2, -0.15) is 11.8 Å². The molecular weight excluding hydrogens is 274 g/mol. The molecule has 1 unspecified atom stereocenters. The van der Waals surface area contributed by atoms with Crippen molar-refractivity contribution < 1.29 is 9.52 Å². The molecule has 0 radical (unpaired) electrons. The van der Waals surface area contributed by atoms with Gasteiger partial charge in [-0.15, -0.1) is 0 Å². The lowest BCUT2D eigenvalue weighted by Gasteiger charge is -2.12. The third-order valence-electron chi connectivity index (χ3n) is 2.71. The average Bonchev–Trinajstić information content (AvgIpc) is 2.98. The zero-order valence-electron chi connectivity index (χ0n) is 12.3. The number of nitrogens with one attached hydrogen (secondary N) is 2. The van der Waals surface area contributed by atoms with Gasteiger partial charge in [0.2, 0.25) is 0 Å². The molecule has 1 aromatic heterocycles. The van der Waals surface area contributed by atoms with Crippen LogP contribution in [0.5, 0.6) is 0 Å². The first-order chi connectivity index (χ1) is 9.77. The van der Waals surface area contributed by atoms with E-state index in [4.69, 9.17) is 4.42 Å². The van der Waals surface area contributed by atoms with Gasteiger partial charge >= 0.3 is 0 Å². The number of guanidine groups is 1. The molecule has 0 aromatic carbocycles. The van der Waals surface area contributed by atoms with Crippen molar-refractivity contribution in [3.8, 4) is 0 Å². The molecule has 1 rings (SSSR count). The minimum atomic E-state index is -0.697. The number of hydrogen-bond acceptors (Lipinski definition) is 4. The lowest BCUT2D eigenvalue weighted by molar-refractivity contribution is 0.158. The summed E-state index contributed by atoms with van der Waals surface area (Å²) in [5, 5.41) is 16.3. The van der Waals surface area contributed by atoms with E-state index in [1.54, 1.807) is 18.4 Å². The van der Waals surface area contributed by atoms with Gasteiger partial charge in [-0.3, -0.25) is 4.99 Å². The quantitative estimate of drug-likeness (QED) is 0.370. The maximum atomic E-state index is 9.91. The summed E-state index contributed by atoms with van der Waals surface area (Å²) in [6.07, 6.45) is 5.29. The van der Waals surface area contributed by atoms with Crippen LogP contribution in [0.2, 0.25) is 0 Å². The third kappa shape index (κ3) is 6.86. The number of thioether (sulfide) groups is 1. The first kappa shape index (κ1) is 16.9. The second-order valence-electron chi connectivity index (χ2n) is 4.38. The van der Waals surface area contributed by atoms with Gasteiger partial charge in [-0.25, -0.2) is 0 Å². The van der Waals surface area contributed by atoms with Gasteiger partial charge in [-0.1, -0.05) is 0 Å². The number of aliphatic hydroxyl groups excluding tert-OH is 1. The van der Waals surface area contributed by atoms with Crippen LogP contribution in [0.1, 0.15) is 31.6 Å². The second-order valence-corrected chi connectivity index (χ2v) is 5.36. The molecule has 0 aliphatic carbocycles. The Morgan fingerprint density at radius 2 is 2.30 bits per heavy atom. The lowest BCUT2D eigenvalue weighted by atomic mass is 10.3. The molecule has 0 amide bonds. The molecule has 0 bridgehead atoms. The maximum Gasteiger partial charge on any atom is 0.191 e. The molecule has 0 aliphatic rings. The van der Waals surface area contributed by atoms with E-state index in [9.17, 15) is 5.11 Å². The molecule has 1 aromatic rings. The number of aliphatic hydroxyl groups is 1. The van der Waals surface area contributed by atoms with Crippen LogP contribution in [0.4, 0.5) is 0 Å². The first-order valence-corrected chi connectivity index (χ1v) is 8.40. The molecule has 0 aliphatic heterocycles. The number of aliphatic imine (C=N–C) groups is 1. The van der Waals surface area contributed by atoms with E-state index >= 15 is 0 Å². The minimum absolute atomic E-state index is 0.285. The molecule has 5 nitrogen and oxygen atoms in total. The Bertz CT molecular complexity index is 369. The molecule has 0 saturated carbocycles. The van der Waals surface area contributed by atoms with Crippen LogP contribution >= 0.6 is 11.8 Å². The first-order valence-electron chi connectivity index (χ1n) is 7.00. The lowest BCUT2D eigenvalue weighted by Crippen LogP contribution is -2.38. The monoisotopic (exact) mass is 299 g/mol. The van der Waals surface area contributed by atoms with Crippen molar-refractivity contribution in [3.05, 3.63) is 24.2 Å². The predicted octanol–water partition coefficient (Wildman–Crippen LogP) is 2.01. The molecule has 0 saturated heterocycles. The van der Waals surface area contributed by atoms with Crippen molar-refractivity contribution in [2.24, 2.45) is 4.99 Å². The predicted molar refractivity (Wildman–Crippen MR) is 85.3 cm³/mol. The van der Waals surface area contributed by atoms with E-state index in [2.05, 4.69) is 21.9 Å². The number of unbranched alkanes of at least 4 members (excludes halogenated alkanes) is 1. The fraction of sp³-hybridized carbons (Fsp3) is 0.643. The van der Waals surface area contributed by atoms with Crippen LogP contribution in [0.15, 0.2) is 27.8 Å². The maximum absolute atomic E-state index is 9.91. The summed E-state index contributed by atoms with van der Waals surface area (Å²) >= 11 is 1.87. The number of rotatable bonds is 9. The minimum Gasteiger partial charge on any atom is -0.467 e. The van der Waals surface area contributed by atoms with E-state index in [0.717, 1.165) is 25.5 Å². The zero-order valence-corrected chi connectivity index (χ0v) is 13.1. The van der Waals surface area contributed by atoms with Gasteiger partial charge < -0.3 is 20.2 Å². The van der Waals surface area contributed by atoms with E-state index in [0.29, 0.717) is 5.76 Å². The Labute approximate surface area is 125 Å². The zero-order chi connectivity index (χ0) is 14.6. The van der Waals surface area contributed by atoms with Crippen LogP contribution < -0.4 is 10.6 Å². The molecular formula is C14H25N3O2S. The van der Waals surface area contributed by atoms with Gasteiger partial charge in [-0.05, 0) is 43.9 Å². The summed E-state index contributed by atoms with van der Waals surface area (Å²) in [6, 6.07) is 3.51. The highest BCUT2D eigenvalue weighted by Crippen LogP contribution is 2.12. The van der Waals surface area contributed by atoms with Crippen LogP contribution in [0, 0.1) is 0 Å². The highest BCUT2D eigenvalue weighted by molar-refractivity contribution is 7.98. The normalized spacial score (nSPS) is 13.2. The van der Waals surface area contributed by atoms with Gasteiger partial charge in [0.25, 0.3) is 0 Å². The SMILES string of the molecule is CCNC(=NCC(O)c1ccco1)NCCCCSC. The van der Waals surface area contributed by atoms with Gasteiger partial charge in [0.15, 0.2) is 5.96 Å². The van der Waals surface area contributed by atoms with Crippen LogP contribution in [-0.2, 0) is 0 Å². The summed E-state index contributed by atoms with van der Waals surface area (Å²) < 4.78 is 5.15. The number of hydrogen-bond donors (Lipinski definition) is 3. The van der Waals surface area contributed by atoms with Gasteiger partial charge in [0, 0.05) is 13.1 Å². The van der Waals surface area contributed by atoms with Gasteiger partial charge in [0.1, 0.15) is 11.9 Å². The summed E-state index contributed by atoms with van der Waals surface area (Å²) in [4.78, 5) is 4.37. The van der Waals surface area contributed by atoms with E-state index in [1.165, 1.54) is 12.2 Å². The number of furan rings is 1. The Kier molecular flexibility index (Phi) is 8.98. The Morgan fingerprint density at radius 3 is 2.95 bits per heavy atom. The molecule has 6 heteroatoms. The second kappa shape index (κ2) is 10.6. The standard InChI is InChI=1S/C14H25N3O2S/c1-3-15-14(16-8-4-5-10-20-2)17-11-12(18)13-7-6-9-19-13/h6-7,9,12,18H,3-5,8,10-11H2,1-2H3,(H2,15,16,17). The molecule has 0 spiro atoms. The third-order valence-corrected chi connectivity index (χ3v) is 3.40. The van der Waals surface area contributed by atoms with Crippen molar-refractivity contribution in [1.82, 2.24) is 10.6 Å². The van der Waals surface area contributed by atoms with Crippen LogP contribution in [0.25, 0.3) is 0 Å². The van der Waals surface area contributed by atoms with Crippen molar-refractivity contribution in [2.45, 2.75) is 25.9 Å². The molecule has 1 atom stereocenters. The molecule has 1 heterocycles. The highest BCUT2D eigenvalue weighted by atomic mass is 32.2. The Morgan fingerprint density at radius 1 is 1.45 bits per heavy atom. The molecule has 3 N–H and O–H groups in total. The summed E-state index contributed by atoms with van der Waals surface area (Å²) in [7, 11) is 0. The summed E-state index contributed by atoms with van der Waals surface area (Å²) in [5.74, 6) is 2.47. The molecule has 20 heavy (non-hydrogen) atoms. The largest absolute Gasteiger partial charge is 0.467 e. The topological polar surface area (TPSA) is 69.8 Å². The Balaban J connectivity index is 2.34. The fourth-order valence-corrected chi connectivity index (χ4v) is 2.16.